The summed E-state index contributed by atoms with van der Waals surface area (Å²) < 4.78 is 5.54. The van der Waals surface area contributed by atoms with Crippen LogP contribution >= 0.6 is 15.9 Å². The summed E-state index contributed by atoms with van der Waals surface area (Å²) in [6.45, 7) is 0.481. The minimum atomic E-state index is -0.264. The van der Waals surface area contributed by atoms with Crippen LogP contribution < -0.4 is 4.90 Å². The average Bonchev–Trinajstić information content (AvgIpc) is 2.93. The number of carbonyl (C=O) groups is 2. The predicted octanol–water partition coefficient (Wildman–Crippen LogP) is 3.76. The summed E-state index contributed by atoms with van der Waals surface area (Å²) in [5, 5.41) is 0. The standard InChI is InChI=1S/C18H16BrNO3/c1-23-17(21)10-12-11-20(16-9-5-3-6-13(12)16)18(22)14-7-2-4-8-15(14)19/h2-9,12H,10-11H2,1H3. The number of para-hydroxylation sites is 1. The molecule has 0 aliphatic carbocycles. The molecule has 23 heavy (non-hydrogen) atoms. The van der Waals surface area contributed by atoms with Crippen LogP contribution in [0.1, 0.15) is 28.3 Å². The fraction of sp³-hybridized carbons (Fsp3) is 0.222. The van der Waals surface area contributed by atoms with Gasteiger partial charge in [-0.25, -0.2) is 0 Å². The lowest BCUT2D eigenvalue weighted by Crippen LogP contribution is -2.30. The number of esters is 1. The number of halogens is 1. The van der Waals surface area contributed by atoms with E-state index in [0.717, 1.165) is 15.7 Å². The van der Waals surface area contributed by atoms with Crippen molar-refractivity contribution in [3.05, 3.63) is 64.1 Å². The maximum atomic E-state index is 12.9. The first kappa shape index (κ1) is 15.7. The largest absolute Gasteiger partial charge is 0.469 e. The summed E-state index contributed by atoms with van der Waals surface area (Å²) in [6, 6.07) is 15.1. The van der Waals surface area contributed by atoms with Crippen LogP contribution in [0.4, 0.5) is 5.69 Å². The van der Waals surface area contributed by atoms with Crippen molar-refractivity contribution in [3.63, 3.8) is 0 Å². The Morgan fingerprint density at radius 2 is 1.87 bits per heavy atom. The van der Waals surface area contributed by atoms with Gasteiger partial charge in [0.25, 0.3) is 5.91 Å². The SMILES string of the molecule is COC(=O)CC1CN(C(=O)c2ccccc2Br)c2ccccc21. The van der Waals surface area contributed by atoms with Gasteiger partial charge < -0.3 is 9.64 Å². The number of hydrogen-bond donors (Lipinski definition) is 0. The highest BCUT2D eigenvalue weighted by molar-refractivity contribution is 9.10. The quantitative estimate of drug-likeness (QED) is 0.769. The number of benzene rings is 2. The van der Waals surface area contributed by atoms with Crippen molar-refractivity contribution in [2.24, 2.45) is 0 Å². The second-order valence-corrected chi connectivity index (χ2v) is 6.29. The van der Waals surface area contributed by atoms with Gasteiger partial charge in [-0.3, -0.25) is 9.59 Å². The predicted molar refractivity (Wildman–Crippen MR) is 91.6 cm³/mol. The van der Waals surface area contributed by atoms with Crippen LogP contribution in [0.3, 0.4) is 0 Å². The number of amides is 1. The number of ether oxygens (including phenoxy) is 1. The Hall–Kier alpha value is -2.14. The molecule has 5 heteroatoms. The molecule has 0 radical (unpaired) electrons. The van der Waals surface area contributed by atoms with Gasteiger partial charge in [0.1, 0.15) is 0 Å². The van der Waals surface area contributed by atoms with E-state index in [1.807, 2.05) is 42.5 Å². The van der Waals surface area contributed by atoms with Crippen LogP contribution in [0.5, 0.6) is 0 Å². The molecule has 3 rings (SSSR count). The molecule has 0 saturated heterocycles. The van der Waals surface area contributed by atoms with E-state index < -0.39 is 0 Å². The van der Waals surface area contributed by atoms with Crippen LogP contribution in [0, 0.1) is 0 Å². The lowest BCUT2D eigenvalue weighted by molar-refractivity contribution is -0.141. The fourth-order valence-electron chi connectivity index (χ4n) is 2.93. The first-order chi connectivity index (χ1) is 11.1. The van der Waals surface area contributed by atoms with E-state index in [9.17, 15) is 9.59 Å². The maximum absolute atomic E-state index is 12.9. The summed E-state index contributed by atoms with van der Waals surface area (Å²) >= 11 is 3.43. The molecule has 1 aliphatic rings. The third-order valence-electron chi connectivity index (χ3n) is 4.06. The number of fused-ring (bicyclic) bond motifs is 1. The summed E-state index contributed by atoms with van der Waals surface area (Å²) in [4.78, 5) is 26.3. The van der Waals surface area contributed by atoms with E-state index in [-0.39, 0.29) is 24.2 Å². The minimum Gasteiger partial charge on any atom is -0.469 e. The summed E-state index contributed by atoms with van der Waals surface area (Å²) in [6.07, 6.45) is 0.271. The molecule has 1 aliphatic heterocycles. The molecule has 2 aromatic rings. The first-order valence-electron chi connectivity index (χ1n) is 7.34. The van der Waals surface area contributed by atoms with E-state index in [0.29, 0.717) is 12.1 Å². The van der Waals surface area contributed by atoms with Gasteiger partial charge in [-0.15, -0.1) is 0 Å². The highest BCUT2D eigenvalue weighted by Crippen LogP contribution is 2.39. The van der Waals surface area contributed by atoms with Crippen molar-refractivity contribution in [1.82, 2.24) is 0 Å². The molecule has 118 valence electrons. The smallest absolute Gasteiger partial charge is 0.306 e. The van der Waals surface area contributed by atoms with Gasteiger partial charge in [-0.1, -0.05) is 30.3 Å². The number of methoxy groups -OCH3 is 1. The zero-order chi connectivity index (χ0) is 16.4. The monoisotopic (exact) mass is 373 g/mol. The van der Waals surface area contributed by atoms with E-state index in [1.165, 1.54) is 7.11 Å². The van der Waals surface area contributed by atoms with Crippen LogP contribution in [0.15, 0.2) is 53.0 Å². The Bertz CT molecular complexity index is 759. The van der Waals surface area contributed by atoms with Crippen molar-refractivity contribution in [1.29, 1.82) is 0 Å². The van der Waals surface area contributed by atoms with Crippen molar-refractivity contribution in [2.75, 3.05) is 18.6 Å². The fourth-order valence-corrected chi connectivity index (χ4v) is 3.38. The van der Waals surface area contributed by atoms with Crippen molar-refractivity contribution < 1.29 is 14.3 Å². The number of rotatable bonds is 3. The molecule has 1 heterocycles. The molecule has 0 bridgehead atoms. The van der Waals surface area contributed by atoms with Gasteiger partial charge in [0, 0.05) is 22.6 Å². The van der Waals surface area contributed by atoms with Crippen molar-refractivity contribution in [2.45, 2.75) is 12.3 Å². The lowest BCUT2D eigenvalue weighted by Gasteiger charge is -2.18. The Kier molecular flexibility index (Phi) is 4.48. The van der Waals surface area contributed by atoms with Gasteiger partial charge >= 0.3 is 5.97 Å². The number of anilines is 1. The van der Waals surface area contributed by atoms with Crippen molar-refractivity contribution in [3.8, 4) is 0 Å². The second-order valence-electron chi connectivity index (χ2n) is 5.43. The van der Waals surface area contributed by atoms with Gasteiger partial charge in [0.05, 0.1) is 19.1 Å². The molecule has 4 nitrogen and oxygen atoms in total. The van der Waals surface area contributed by atoms with Crippen LogP contribution in [0.2, 0.25) is 0 Å². The third-order valence-corrected chi connectivity index (χ3v) is 4.75. The Morgan fingerprint density at radius 1 is 1.17 bits per heavy atom. The molecule has 0 fully saturated rings. The molecule has 1 amide bonds. The second kappa shape index (κ2) is 6.54. The molecule has 1 atom stereocenters. The normalized spacial score (nSPS) is 16.1. The van der Waals surface area contributed by atoms with Crippen LogP contribution in [0.25, 0.3) is 0 Å². The summed E-state index contributed by atoms with van der Waals surface area (Å²) in [7, 11) is 1.38. The highest BCUT2D eigenvalue weighted by Gasteiger charge is 2.34. The summed E-state index contributed by atoms with van der Waals surface area (Å²) in [5.41, 5.74) is 2.49. The molecular weight excluding hydrogens is 358 g/mol. The van der Waals surface area contributed by atoms with E-state index in [4.69, 9.17) is 4.74 Å². The van der Waals surface area contributed by atoms with Crippen LogP contribution in [-0.4, -0.2) is 25.5 Å². The van der Waals surface area contributed by atoms with Gasteiger partial charge in [-0.2, -0.15) is 0 Å². The number of nitrogens with zero attached hydrogens (tertiary/aromatic N) is 1. The van der Waals surface area contributed by atoms with Crippen molar-refractivity contribution >= 4 is 33.5 Å². The topological polar surface area (TPSA) is 46.6 Å². The van der Waals surface area contributed by atoms with E-state index in [2.05, 4.69) is 15.9 Å². The molecule has 0 N–H and O–H groups in total. The van der Waals surface area contributed by atoms with Gasteiger partial charge in [0.2, 0.25) is 0 Å². The average molecular weight is 374 g/mol. The molecule has 0 aromatic heterocycles. The van der Waals surface area contributed by atoms with Gasteiger partial charge in [0.15, 0.2) is 0 Å². The Morgan fingerprint density at radius 3 is 2.61 bits per heavy atom. The molecule has 0 saturated carbocycles. The maximum Gasteiger partial charge on any atom is 0.306 e. The van der Waals surface area contributed by atoms with E-state index in [1.54, 1.807) is 11.0 Å². The minimum absolute atomic E-state index is 0.0370. The number of hydrogen-bond acceptors (Lipinski definition) is 3. The molecule has 2 aromatic carbocycles. The molecule has 0 spiro atoms. The third kappa shape index (κ3) is 3.01. The highest BCUT2D eigenvalue weighted by atomic mass is 79.9. The Balaban J connectivity index is 1.94. The zero-order valence-electron chi connectivity index (χ0n) is 12.7. The summed E-state index contributed by atoms with van der Waals surface area (Å²) in [5.74, 6) is -0.373. The molecular formula is C18H16BrNO3. The zero-order valence-corrected chi connectivity index (χ0v) is 14.2. The van der Waals surface area contributed by atoms with E-state index >= 15 is 0 Å². The van der Waals surface area contributed by atoms with Gasteiger partial charge in [-0.05, 0) is 39.7 Å². The number of carbonyl (C=O) groups excluding carboxylic acids is 2. The Labute approximate surface area is 143 Å². The first-order valence-corrected chi connectivity index (χ1v) is 8.13. The molecule has 1 unspecified atom stereocenters. The van der Waals surface area contributed by atoms with Crippen LogP contribution in [-0.2, 0) is 9.53 Å². The lowest BCUT2D eigenvalue weighted by atomic mass is 9.98.